The highest BCUT2D eigenvalue weighted by Crippen LogP contribution is 2.30. The Morgan fingerprint density at radius 3 is 2.33 bits per heavy atom. The molecule has 0 spiro atoms. The van der Waals surface area contributed by atoms with E-state index in [0.717, 1.165) is 5.56 Å². The van der Waals surface area contributed by atoms with Crippen molar-refractivity contribution in [1.29, 1.82) is 5.26 Å². The molecular weight excluding hydrogens is 400 g/mol. The molecule has 0 aliphatic heterocycles. The van der Waals surface area contributed by atoms with Crippen molar-refractivity contribution in [2.75, 3.05) is 0 Å². The third-order valence-corrected chi connectivity index (χ3v) is 4.73. The zero-order chi connectivity index (χ0) is 21.5. The highest BCUT2D eigenvalue weighted by Gasteiger charge is 2.29. The number of nitriles is 1. The number of pyridine rings is 1. The third-order valence-electron chi connectivity index (χ3n) is 4.48. The fraction of sp³-hybridized carbons (Fsp3) is 0.208. The molecule has 0 fully saturated rings. The monoisotopic (exact) mass is 420 g/mol. The van der Waals surface area contributed by atoms with E-state index < -0.39 is 18.0 Å². The summed E-state index contributed by atoms with van der Waals surface area (Å²) in [6, 6.07) is 23.3. The molecule has 152 valence electrons. The van der Waals surface area contributed by atoms with Crippen LogP contribution in [0.25, 0.3) is 0 Å². The van der Waals surface area contributed by atoms with Crippen LogP contribution in [0.2, 0.25) is 5.02 Å². The first-order valence-corrected chi connectivity index (χ1v) is 9.91. The molecule has 30 heavy (non-hydrogen) atoms. The van der Waals surface area contributed by atoms with Crippen LogP contribution >= 0.6 is 11.6 Å². The van der Waals surface area contributed by atoms with Gasteiger partial charge in [0.15, 0.2) is 0 Å². The van der Waals surface area contributed by atoms with Crippen LogP contribution in [-0.2, 0) is 9.53 Å². The Hall–Kier alpha value is -3.36. The Kier molecular flexibility index (Phi) is 7.05. The van der Waals surface area contributed by atoms with E-state index in [0.29, 0.717) is 22.3 Å². The predicted molar refractivity (Wildman–Crippen MR) is 114 cm³/mol. The predicted octanol–water partition coefficient (Wildman–Crippen LogP) is 6.07. The molecule has 0 saturated heterocycles. The Balaban J connectivity index is 1.78. The first-order chi connectivity index (χ1) is 14.5. The number of para-hydroxylation sites is 1. The van der Waals surface area contributed by atoms with Crippen molar-refractivity contribution < 1.29 is 14.3 Å². The summed E-state index contributed by atoms with van der Waals surface area (Å²) in [4.78, 5) is 17.3. The quantitative estimate of drug-likeness (QED) is 0.433. The lowest BCUT2D eigenvalue weighted by atomic mass is 9.88. The highest BCUT2D eigenvalue weighted by molar-refractivity contribution is 6.30. The molecule has 0 saturated carbocycles. The first kappa shape index (κ1) is 21.4. The number of esters is 1. The molecule has 1 aromatic heterocycles. The van der Waals surface area contributed by atoms with Gasteiger partial charge in [0.25, 0.3) is 0 Å². The molecule has 2 aromatic carbocycles. The minimum Gasteiger partial charge on any atom is -0.440 e. The van der Waals surface area contributed by atoms with Crippen molar-refractivity contribution in [2.45, 2.75) is 25.9 Å². The Bertz CT molecular complexity index is 1030. The van der Waals surface area contributed by atoms with Crippen molar-refractivity contribution in [3.8, 4) is 17.7 Å². The van der Waals surface area contributed by atoms with Gasteiger partial charge in [-0.15, -0.1) is 0 Å². The smallest absolute Gasteiger partial charge is 0.315 e. The number of nitrogens with zero attached hydrogens (tertiary/aromatic N) is 2. The van der Waals surface area contributed by atoms with Gasteiger partial charge >= 0.3 is 5.97 Å². The summed E-state index contributed by atoms with van der Waals surface area (Å²) in [6.45, 7) is 3.85. The molecule has 1 heterocycles. The molecular formula is C24H21ClN2O3. The van der Waals surface area contributed by atoms with Crippen molar-refractivity contribution in [1.82, 2.24) is 4.98 Å². The van der Waals surface area contributed by atoms with E-state index in [-0.39, 0.29) is 5.92 Å². The Morgan fingerprint density at radius 2 is 1.70 bits per heavy atom. The summed E-state index contributed by atoms with van der Waals surface area (Å²) in [7, 11) is 0. The van der Waals surface area contributed by atoms with Crippen LogP contribution in [0.15, 0.2) is 72.8 Å². The normalized spacial score (nSPS) is 12.6. The first-order valence-electron chi connectivity index (χ1n) is 9.53. The fourth-order valence-corrected chi connectivity index (χ4v) is 3.17. The Labute approximate surface area is 180 Å². The van der Waals surface area contributed by atoms with E-state index in [4.69, 9.17) is 21.1 Å². The van der Waals surface area contributed by atoms with Gasteiger partial charge in [0, 0.05) is 11.1 Å². The Morgan fingerprint density at radius 1 is 1.00 bits per heavy atom. The number of hydrogen-bond acceptors (Lipinski definition) is 5. The van der Waals surface area contributed by atoms with Gasteiger partial charge in [-0.25, -0.2) is 4.98 Å². The van der Waals surface area contributed by atoms with Gasteiger partial charge in [-0.05, 0) is 41.8 Å². The molecule has 5 nitrogen and oxygen atoms in total. The van der Waals surface area contributed by atoms with Gasteiger partial charge in [-0.3, -0.25) is 4.79 Å². The summed E-state index contributed by atoms with van der Waals surface area (Å²) in [5, 5.41) is 10.2. The lowest BCUT2D eigenvalue weighted by Gasteiger charge is -2.21. The average Bonchev–Trinajstić information content (AvgIpc) is 2.74. The van der Waals surface area contributed by atoms with E-state index in [1.54, 1.807) is 54.6 Å². The molecule has 6 heteroatoms. The number of halogens is 1. The number of rotatable bonds is 7. The van der Waals surface area contributed by atoms with Gasteiger partial charge in [0.05, 0.1) is 11.6 Å². The average molecular weight is 421 g/mol. The molecule has 2 atom stereocenters. The van der Waals surface area contributed by atoms with Crippen LogP contribution in [0.4, 0.5) is 0 Å². The number of carbonyl (C=O) groups is 1. The largest absolute Gasteiger partial charge is 0.440 e. The molecule has 0 aliphatic rings. The van der Waals surface area contributed by atoms with Crippen LogP contribution in [-0.4, -0.2) is 11.0 Å². The third kappa shape index (κ3) is 5.37. The second-order valence-corrected chi connectivity index (χ2v) is 7.47. The zero-order valence-electron chi connectivity index (χ0n) is 16.7. The van der Waals surface area contributed by atoms with E-state index >= 15 is 0 Å². The maximum atomic E-state index is 12.9. The summed E-state index contributed by atoms with van der Waals surface area (Å²) in [5.41, 5.74) is 1.09. The lowest BCUT2D eigenvalue weighted by molar-refractivity contribution is -0.150. The van der Waals surface area contributed by atoms with Gasteiger partial charge in [-0.2, -0.15) is 5.26 Å². The molecule has 0 aliphatic carbocycles. The van der Waals surface area contributed by atoms with E-state index in [2.05, 4.69) is 4.98 Å². The van der Waals surface area contributed by atoms with E-state index in [1.165, 1.54) is 0 Å². The van der Waals surface area contributed by atoms with Crippen LogP contribution in [0.3, 0.4) is 0 Å². The fourth-order valence-electron chi connectivity index (χ4n) is 3.05. The van der Waals surface area contributed by atoms with E-state index in [1.807, 2.05) is 38.1 Å². The number of aromatic nitrogens is 1. The number of benzene rings is 2. The van der Waals surface area contributed by atoms with Gasteiger partial charge in [-0.1, -0.05) is 61.8 Å². The highest BCUT2D eigenvalue weighted by atomic mass is 35.5. The van der Waals surface area contributed by atoms with Crippen LogP contribution in [0.5, 0.6) is 11.6 Å². The van der Waals surface area contributed by atoms with Gasteiger partial charge in [0.2, 0.25) is 12.0 Å². The molecule has 0 radical (unpaired) electrons. The van der Waals surface area contributed by atoms with Crippen molar-refractivity contribution in [3.05, 3.63) is 89.1 Å². The minimum atomic E-state index is -1.15. The summed E-state index contributed by atoms with van der Waals surface area (Å²) >= 11 is 5.96. The van der Waals surface area contributed by atoms with Crippen LogP contribution in [0, 0.1) is 17.2 Å². The summed E-state index contributed by atoms with van der Waals surface area (Å²) < 4.78 is 11.3. The molecule has 0 bridgehead atoms. The minimum absolute atomic E-state index is 0.0290. The van der Waals surface area contributed by atoms with Gasteiger partial charge < -0.3 is 9.47 Å². The van der Waals surface area contributed by atoms with Gasteiger partial charge in [0.1, 0.15) is 11.8 Å². The SMILES string of the molecule is CC(C)C(C(=O)OC(C#N)c1cccc(Oc2ccccc2)n1)c1ccc(Cl)cc1. The second kappa shape index (κ2) is 9.91. The van der Waals surface area contributed by atoms with Crippen molar-refractivity contribution in [2.24, 2.45) is 5.92 Å². The maximum absolute atomic E-state index is 12.9. The molecule has 2 unspecified atom stereocenters. The summed E-state index contributed by atoms with van der Waals surface area (Å²) in [6.07, 6.45) is -1.15. The van der Waals surface area contributed by atoms with Crippen molar-refractivity contribution >= 4 is 17.6 Å². The number of hydrogen-bond donors (Lipinski definition) is 0. The van der Waals surface area contributed by atoms with Crippen LogP contribution < -0.4 is 4.74 Å². The standard InChI is InChI=1S/C24H21ClN2O3/c1-16(2)23(17-11-13-18(25)14-12-17)24(28)30-21(15-26)20-9-6-10-22(27-20)29-19-7-4-3-5-8-19/h3-14,16,21,23H,1-2H3. The second-order valence-electron chi connectivity index (χ2n) is 7.04. The molecule has 3 aromatic rings. The molecule has 0 N–H and O–H groups in total. The zero-order valence-corrected chi connectivity index (χ0v) is 17.4. The van der Waals surface area contributed by atoms with E-state index in [9.17, 15) is 10.1 Å². The maximum Gasteiger partial charge on any atom is 0.315 e. The number of carbonyl (C=O) groups excluding carboxylic acids is 1. The van der Waals surface area contributed by atoms with Crippen molar-refractivity contribution in [3.63, 3.8) is 0 Å². The number of ether oxygens (including phenoxy) is 2. The topological polar surface area (TPSA) is 72.2 Å². The molecule has 3 rings (SSSR count). The van der Waals surface area contributed by atoms with Crippen LogP contribution in [0.1, 0.15) is 37.1 Å². The summed E-state index contributed by atoms with van der Waals surface area (Å²) in [5.74, 6) is -0.112. The lowest BCUT2D eigenvalue weighted by Crippen LogP contribution is -2.23. The molecule has 0 amide bonds.